The average Bonchev–Trinajstić information content (AvgIpc) is 2.99. The maximum absolute atomic E-state index is 13.6. The van der Waals surface area contributed by atoms with Crippen LogP contribution in [0.5, 0.6) is 5.75 Å². The van der Waals surface area contributed by atoms with E-state index < -0.39 is 0 Å². The number of anilines is 2. The number of rotatable bonds is 6. The monoisotopic (exact) mass is 426 g/mol. The first kappa shape index (κ1) is 21.4. The summed E-state index contributed by atoms with van der Waals surface area (Å²) in [6.45, 7) is 7.81. The fourth-order valence-corrected chi connectivity index (χ4v) is 3.74. The molecule has 0 bridgehead atoms. The Bertz CT molecular complexity index is 1210. The second-order valence-electron chi connectivity index (χ2n) is 8.17. The number of ether oxygens (including phenoxy) is 1. The van der Waals surface area contributed by atoms with Crippen LogP contribution in [0.2, 0.25) is 0 Å². The minimum Gasteiger partial charge on any atom is -0.491 e. The number of hydrogen-bond acceptors (Lipinski definition) is 4. The molecule has 0 radical (unpaired) electrons. The highest BCUT2D eigenvalue weighted by Gasteiger charge is 2.40. The Morgan fingerprint density at radius 3 is 2.22 bits per heavy atom. The van der Waals surface area contributed by atoms with Gasteiger partial charge in [0.25, 0.3) is 11.8 Å². The van der Waals surface area contributed by atoms with Crippen molar-refractivity contribution >= 4 is 28.8 Å². The number of carbonyl (C=O) groups is 2. The van der Waals surface area contributed by atoms with Crippen molar-refractivity contribution in [2.75, 3.05) is 10.2 Å². The van der Waals surface area contributed by atoms with Gasteiger partial charge in [-0.15, -0.1) is 0 Å². The molecule has 0 spiro atoms. The summed E-state index contributed by atoms with van der Waals surface area (Å²) in [6, 6.07) is 22.3. The SMILES string of the molecule is Cc1cccc(N2C(=O)C(Nc3ccccc3C)=C(c3ccc(OC(C)C)cc3)C2=O)c1. The molecular weight excluding hydrogens is 400 g/mol. The highest BCUT2D eigenvalue weighted by Crippen LogP contribution is 2.35. The molecule has 0 unspecified atom stereocenters. The van der Waals surface area contributed by atoms with E-state index in [4.69, 9.17) is 4.74 Å². The molecule has 0 aliphatic carbocycles. The van der Waals surface area contributed by atoms with E-state index in [0.29, 0.717) is 22.6 Å². The Kier molecular flexibility index (Phi) is 5.82. The Morgan fingerprint density at radius 2 is 1.56 bits per heavy atom. The molecule has 3 aromatic carbocycles. The summed E-state index contributed by atoms with van der Waals surface area (Å²) in [5, 5.41) is 3.24. The molecule has 4 rings (SSSR count). The average molecular weight is 427 g/mol. The molecule has 162 valence electrons. The van der Waals surface area contributed by atoms with Crippen LogP contribution in [0.1, 0.15) is 30.5 Å². The van der Waals surface area contributed by atoms with Crippen molar-refractivity contribution in [1.29, 1.82) is 0 Å². The van der Waals surface area contributed by atoms with Crippen LogP contribution in [0.25, 0.3) is 5.57 Å². The fourth-order valence-electron chi connectivity index (χ4n) is 3.74. The number of carbonyl (C=O) groups excluding carboxylic acids is 2. The summed E-state index contributed by atoms with van der Waals surface area (Å²) in [5.41, 5.74) is 4.56. The third kappa shape index (κ3) is 4.14. The van der Waals surface area contributed by atoms with E-state index in [2.05, 4.69) is 5.32 Å². The topological polar surface area (TPSA) is 58.6 Å². The van der Waals surface area contributed by atoms with Crippen molar-refractivity contribution < 1.29 is 14.3 Å². The number of benzene rings is 3. The molecule has 3 aromatic rings. The molecule has 5 nitrogen and oxygen atoms in total. The van der Waals surface area contributed by atoms with E-state index in [0.717, 1.165) is 16.8 Å². The van der Waals surface area contributed by atoms with E-state index in [-0.39, 0.29) is 23.6 Å². The highest BCUT2D eigenvalue weighted by atomic mass is 16.5. The predicted molar refractivity (Wildman–Crippen MR) is 128 cm³/mol. The third-order valence-electron chi connectivity index (χ3n) is 5.26. The molecule has 1 heterocycles. The smallest absolute Gasteiger partial charge is 0.282 e. The number of aryl methyl sites for hydroxylation is 2. The van der Waals surface area contributed by atoms with Gasteiger partial charge in [-0.1, -0.05) is 42.5 Å². The lowest BCUT2D eigenvalue weighted by Gasteiger charge is -2.16. The minimum absolute atomic E-state index is 0.0462. The summed E-state index contributed by atoms with van der Waals surface area (Å²) in [4.78, 5) is 28.3. The van der Waals surface area contributed by atoms with E-state index in [1.165, 1.54) is 4.90 Å². The molecule has 0 saturated carbocycles. The first-order valence-corrected chi connectivity index (χ1v) is 10.6. The normalized spacial score (nSPS) is 13.8. The second kappa shape index (κ2) is 8.71. The van der Waals surface area contributed by atoms with Crippen LogP contribution < -0.4 is 15.0 Å². The van der Waals surface area contributed by atoms with Crippen molar-refractivity contribution in [2.45, 2.75) is 33.8 Å². The number of hydrogen-bond donors (Lipinski definition) is 1. The van der Waals surface area contributed by atoms with Gasteiger partial charge in [-0.05, 0) is 74.7 Å². The van der Waals surface area contributed by atoms with E-state index in [1.54, 1.807) is 6.07 Å². The van der Waals surface area contributed by atoms with Gasteiger partial charge in [0.2, 0.25) is 0 Å². The van der Waals surface area contributed by atoms with Gasteiger partial charge >= 0.3 is 0 Å². The fraction of sp³-hybridized carbons (Fsp3) is 0.185. The van der Waals surface area contributed by atoms with E-state index in [1.807, 2.05) is 94.4 Å². The van der Waals surface area contributed by atoms with E-state index >= 15 is 0 Å². The largest absolute Gasteiger partial charge is 0.491 e. The van der Waals surface area contributed by atoms with Crippen LogP contribution in [0, 0.1) is 13.8 Å². The number of nitrogens with zero attached hydrogens (tertiary/aromatic N) is 1. The molecule has 0 saturated heterocycles. The Morgan fingerprint density at radius 1 is 0.844 bits per heavy atom. The zero-order valence-electron chi connectivity index (χ0n) is 18.7. The van der Waals surface area contributed by atoms with Crippen LogP contribution in [-0.2, 0) is 9.59 Å². The van der Waals surface area contributed by atoms with Gasteiger partial charge in [-0.25, -0.2) is 4.90 Å². The van der Waals surface area contributed by atoms with Gasteiger partial charge in [0.15, 0.2) is 0 Å². The van der Waals surface area contributed by atoms with Crippen molar-refractivity contribution in [1.82, 2.24) is 0 Å². The summed E-state index contributed by atoms with van der Waals surface area (Å²) in [6.07, 6.45) is 0.0462. The number of nitrogens with one attached hydrogen (secondary N) is 1. The van der Waals surface area contributed by atoms with Gasteiger partial charge in [-0.2, -0.15) is 0 Å². The lowest BCUT2D eigenvalue weighted by molar-refractivity contribution is -0.120. The maximum Gasteiger partial charge on any atom is 0.282 e. The van der Waals surface area contributed by atoms with Gasteiger partial charge < -0.3 is 10.1 Å². The van der Waals surface area contributed by atoms with Crippen LogP contribution in [0.4, 0.5) is 11.4 Å². The summed E-state index contributed by atoms with van der Waals surface area (Å²) < 4.78 is 5.73. The predicted octanol–water partition coefficient (Wildman–Crippen LogP) is 5.49. The molecule has 0 aromatic heterocycles. The number of amides is 2. The molecule has 0 atom stereocenters. The molecular formula is C27H26N2O3. The van der Waals surface area contributed by atoms with Gasteiger partial charge in [0.1, 0.15) is 11.4 Å². The quantitative estimate of drug-likeness (QED) is 0.530. The van der Waals surface area contributed by atoms with Gasteiger partial charge in [-0.3, -0.25) is 9.59 Å². The molecule has 1 aliphatic heterocycles. The van der Waals surface area contributed by atoms with Crippen LogP contribution in [0.15, 0.2) is 78.5 Å². The summed E-state index contributed by atoms with van der Waals surface area (Å²) in [5.74, 6) is -0.0133. The molecule has 1 N–H and O–H groups in total. The molecule has 5 heteroatoms. The van der Waals surface area contributed by atoms with Gasteiger partial charge in [0, 0.05) is 5.69 Å². The lowest BCUT2D eigenvalue weighted by atomic mass is 10.0. The minimum atomic E-state index is -0.374. The molecule has 1 aliphatic rings. The number of imide groups is 1. The van der Waals surface area contributed by atoms with Crippen molar-refractivity contribution in [3.8, 4) is 5.75 Å². The van der Waals surface area contributed by atoms with Crippen LogP contribution in [0.3, 0.4) is 0 Å². The lowest BCUT2D eigenvalue weighted by Crippen LogP contribution is -2.32. The van der Waals surface area contributed by atoms with Crippen molar-refractivity contribution in [2.24, 2.45) is 0 Å². The first-order chi connectivity index (χ1) is 15.3. The van der Waals surface area contributed by atoms with E-state index in [9.17, 15) is 9.59 Å². The summed E-state index contributed by atoms with van der Waals surface area (Å²) >= 11 is 0. The van der Waals surface area contributed by atoms with Crippen molar-refractivity contribution in [3.05, 3.63) is 95.2 Å². The molecule has 0 fully saturated rings. The van der Waals surface area contributed by atoms with Crippen molar-refractivity contribution in [3.63, 3.8) is 0 Å². The first-order valence-electron chi connectivity index (χ1n) is 10.6. The maximum atomic E-state index is 13.6. The summed E-state index contributed by atoms with van der Waals surface area (Å²) in [7, 11) is 0. The Balaban J connectivity index is 1.80. The Labute approximate surface area is 188 Å². The third-order valence-corrected chi connectivity index (χ3v) is 5.26. The molecule has 2 amide bonds. The Hall–Kier alpha value is -3.86. The van der Waals surface area contributed by atoms with Gasteiger partial charge in [0.05, 0.1) is 17.4 Å². The standard InChI is InChI=1S/C27H26N2O3/c1-17(2)32-22-14-12-20(13-15-22)24-25(28-23-11-6-5-9-19(23)4)27(31)29(26(24)30)21-10-7-8-18(3)16-21/h5-17,28H,1-4H3. The molecule has 32 heavy (non-hydrogen) atoms. The van der Waals surface area contributed by atoms with Crippen LogP contribution in [-0.4, -0.2) is 17.9 Å². The zero-order chi connectivity index (χ0) is 22.8. The number of para-hydroxylation sites is 1. The second-order valence-corrected chi connectivity index (χ2v) is 8.17. The highest BCUT2D eigenvalue weighted by molar-refractivity contribution is 6.46. The zero-order valence-corrected chi connectivity index (χ0v) is 18.7. The van der Waals surface area contributed by atoms with Crippen LogP contribution >= 0.6 is 0 Å².